The third-order valence-corrected chi connectivity index (χ3v) is 5.78. The molecule has 1 aromatic carbocycles. The van der Waals surface area contributed by atoms with E-state index in [1.54, 1.807) is 36.7 Å². The minimum Gasteiger partial charge on any atom is -0.267 e. The zero-order valence-corrected chi connectivity index (χ0v) is 14.3. The Morgan fingerprint density at radius 1 is 1.16 bits per heavy atom. The van der Waals surface area contributed by atoms with E-state index in [-0.39, 0.29) is 10.5 Å². The van der Waals surface area contributed by atoms with Gasteiger partial charge in [-0.15, -0.1) is 0 Å². The molecule has 7 nitrogen and oxygen atoms in total. The number of nitrogens with zero attached hydrogens (tertiary/aromatic N) is 3. The molecule has 2 aromatic rings. The lowest BCUT2D eigenvalue weighted by Crippen LogP contribution is -2.28. The van der Waals surface area contributed by atoms with Gasteiger partial charge in [0.15, 0.2) is 0 Å². The fourth-order valence-electron chi connectivity index (χ4n) is 2.55. The molecule has 25 heavy (non-hydrogen) atoms. The van der Waals surface area contributed by atoms with Crippen molar-refractivity contribution in [3.63, 3.8) is 0 Å². The summed E-state index contributed by atoms with van der Waals surface area (Å²) < 4.78 is 26.6. The number of benzene rings is 1. The van der Waals surface area contributed by atoms with Crippen LogP contribution in [0.3, 0.4) is 0 Å². The molecule has 130 valence electrons. The zero-order chi connectivity index (χ0) is 17.7. The van der Waals surface area contributed by atoms with Crippen molar-refractivity contribution in [1.29, 1.82) is 0 Å². The third kappa shape index (κ3) is 4.09. The quantitative estimate of drug-likeness (QED) is 0.649. The molecule has 2 heterocycles. The highest BCUT2D eigenvalue weighted by Crippen LogP contribution is 2.21. The van der Waals surface area contributed by atoms with Crippen LogP contribution in [0.15, 0.2) is 58.8 Å². The van der Waals surface area contributed by atoms with Crippen LogP contribution in [-0.4, -0.2) is 42.9 Å². The smallest absolute Gasteiger partial charge is 0.267 e. The molecule has 1 aliphatic rings. The van der Waals surface area contributed by atoms with Gasteiger partial charge in [0, 0.05) is 31.0 Å². The normalized spacial score (nSPS) is 15.5. The minimum absolute atomic E-state index is 0.125. The Hall–Kier alpha value is -2.58. The lowest BCUT2D eigenvalue weighted by molar-refractivity contribution is 0.0955. The highest BCUT2D eigenvalue weighted by molar-refractivity contribution is 7.89. The van der Waals surface area contributed by atoms with Gasteiger partial charge in [0.2, 0.25) is 10.0 Å². The van der Waals surface area contributed by atoms with Gasteiger partial charge in [-0.05, 0) is 48.7 Å². The summed E-state index contributed by atoms with van der Waals surface area (Å²) in [5.41, 5.74) is 3.43. The molecule has 8 heteroatoms. The number of sulfonamides is 1. The van der Waals surface area contributed by atoms with Crippen LogP contribution in [0.25, 0.3) is 0 Å². The van der Waals surface area contributed by atoms with Gasteiger partial charge < -0.3 is 0 Å². The van der Waals surface area contributed by atoms with Gasteiger partial charge in [0.1, 0.15) is 0 Å². The largest absolute Gasteiger partial charge is 0.271 e. The summed E-state index contributed by atoms with van der Waals surface area (Å²) in [6, 6.07) is 9.50. The summed E-state index contributed by atoms with van der Waals surface area (Å²) in [4.78, 5) is 16.2. The highest BCUT2D eigenvalue weighted by atomic mass is 32.2. The molecule has 1 N–H and O–H groups in total. The number of carbonyl (C=O) groups excluding carboxylic acids is 1. The lowest BCUT2D eigenvalue weighted by Gasteiger charge is -2.15. The maximum atomic E-state index is 12.6. The van der Waals surface area contributed by atoms with Gasteiger partial charge in [-0.25, -0.2) is 13.8 Å². The molecule has 1 fully saturated rings. The first-order valence-corrected chi connectivity index (χ1v) is 9.35. The Labute approximate surface area is 146 Å². The van der Waals surface area contributed by atoms with Crippen LogP contribution in [0, 0.1) is 0 Å². The first kappa shape index (κ1) is 17.2. The number of carbonyl (C=O) groups is 1. The molecule has 0 bridgehead atoms. The van der Waals surface area contributed by atoms with Crippen molar-refractivity contribution in [1.82, 2.24) is 14.7 Å². The molecule has 0 radical (unpaired) electrons. The van der Waals surface area contributed by atoms with Gasteiger partial charge in [-0.1, -0.05) is 6.07 Å². The molecule has 0 atom stereocenters. The van der Waals surface area contributed by atoms with Gasteiger partial charge in [0.05, 0.1) is 11.1 Å². The highest BCUT2D eigenvalue weighted by Gasteiger charge is 2.27. The van der Waals surface area contributed by atoms with Crippen molar-refractivity contribution >= 4 is 22.1 Å². The summed E-state index contributed by atoms with van der Waals surface area (Å²) in [5.74, 6) is -0.469. The van der Waals surface area contributed by atoms with E-state index < -0.39 is 15.9 Å². The number of hydrogen-bond donors (Lipinski definition) is 1. The van der Waals surface area contributed by atoms with Crippen LogP contribution in [0.5, 0.6) is 0 Å². The molecule has 3 rings (SSSR count). The number of hydrazone groups is 1. The summed E-state index contributed by atoms with van der Waals surface area (Å²) >= 11 is 0. The molecule has 1 aliphatic heterocycles. The number of rotatable bonds is 5. The van der Waals surface area contributed by atoms with Crippen LogP contribution in [0.1, 0.15) is 28.8 Å². The van der Waals surface area contributed by atoms with Crippen molar-refractivity contribution < 1.29 is 13.2 Å². The molecule has 1 aromatic heterocycles. The van der Waals surface area contributed by atoms with Crippen molar-refractivity contribution in [2.24, 2.45) is 5.10 Å². The van der Waals surface area contributed by atoms with E-state index in [2.05, 4.69) is 15.5 Å². The fraction of sp³-hybridized carbons (Fsp3) is 0.235. The maximum Gasteiger partial charge on any atom is 0.271 e. The van der Waals surface area contributed by atoms with Crippen molar-refractivity contribution in [3.05, 3.63) is 59.9 Å². The van der Waals surface area contributed by atoms with Crippen LogP contribution in [0.4, 0.5) is 0 Å². The average Bonchev–Trinajstić information content (AvgIpc) is 3.18. The van der Waals surface area contributed by atoms with E-state index in [1.807, 2.05) is 0 Å². The van der Waals surface area contributed by atoms with E-state index in [9.17, 15) is 13.2 Å². The average molecular weight is 358 g/mol. The number of aromatic nitrogens is 1. The zero-order valence-electron chi connectivity index (χ0n) is 13.5. The first-order valence-electron chi connectivity index (χ1n) is 7.91. The number of amides is 1. The second-order valence-electron chi connectivity index (χ2n) is 5.62. The SMILES string of the molecule is O=C(NN=Cc1ccncc1)c1cccc(S(=O)(=O)N2CCCC2)c1. The van der Waals surface area contributed by atoms with Crippen LogP contribution >= 0.6 is 0 Å². The Balaban J connectivity index is 1.72. The lowest BCUT2D eigenvalue weighted by atomic mass is 10.2. The minimum atomic E-state index is -3.55. The van der Waals surface area contributed by atoms with E-state index in [0.717, 1.165) is 18.4 Å². The van der Waals surface area contributed by atoms with E-state index in [1.165, 1.54) is 22.7 Å². The number of hydrogen-bond acceptors (Lipinski definition) is 5. The van der Waals surface area contributed by atoms with Crippen molar-refractivity contribution in [3.8, 4) is 0 Å². The molecule has 1 saturated heterocycles. The van der Waals surface area contributed by atoms with Gasteiger partial charge >= 0.3 is 0 Å². The third-order valence-electron chi connectivity index (χ3n) is 3.88. The number of pyridine rings is 1. The van der Waals surface area contributed by atoms with Crippen LogP contribution in [0.2, 0.25) is 0 Å². The van der Waals surface area contributed by atoms with Crippen LogP contribution in [-0.2, 0) is 10.0 Å². The molecular weight excluding hydrogens is 340 g/mol. The monoisotopic (exact) mass is 358 g/mol. The van der Waals surface area contributed by atoms with Crippen LogP contribution < -0.4 is 5.43 Å². The molecular formula is C17H18N4O3S. The second-order valence-corrected chi connectivity index (χ2v) is 7.56. The fourth-order valence-corrected chi connectivity index (χ4v) is 4.12. The van der Waals surface area contributed by atoms with E-state index in [4.69, 9.17) is 0 Å². The molecule has 0 unspecified atom stereocenters. The molecule has 1 amide bonds. The predicted octanol–water partition coefficient (Wildman–Crippen LogP) is 1.63. The predicted molar refractivity (Wildman–Crippen MR) is 93.7 cm³/mol. The standard InChI is InChI=1S/C17H18N4O3S/c22-17(20-19-13-14-6-8-18-9-7-14)15-4-3-5-16(12-15)25(23,24)21-10-1-2-11-21/h3-9,12-13H,1-2,10-11H2,(H,20,22). The Morgan fingerprint density at radius 3 is 2.60 bits per heavy atom. The molecule has 0 aliphatic carbocycles. The maximum absolute atomic E-state index is 12.6. The Bertz CT molecular complexity index is 876. The molecule has 0 saturated carbocycles. The van der Waals surface area contributed by atoms with Gasteiger partial charge in [-0.3, -0.25) is 9.78 Å². The first-order chi connectivity index (χ1) is 12.1. The summed E-state index contributed by atoms with van der Waals surface area (Å²) in [6.07, 6.45) is 6.46. The summed E-state index contributed by atoms with van der Waals surface area (Å²) in [7, 11) is -3.55. The number of nitrogens with one attached hydrogen (secondary N) is 1. The van der Waals surface area contributed by atoms with Gasteiger partial charge in [-0.2, -0.15) is 9.41 Å². The van der Waals surface area contributed by atoms with Crippen molar-refractivity contribution in [2.45, 2.75) is 17.7 Å². The topological polar surface area (TPSA) is 91.7 Å². The Morgan fingerprint density at radius 2 is 1.88 bits per heavy atom. The summed E-state index contributed by atoms with van der Waals surface area (Å²) in [5, 5.41) is 3.88. The molecule has 0 spiro atoms. The van der Waals surface area contributed by atoms with Crippen molar-refractivity contribution in [2.75, 3.05) is 13.1 Å². The summed E-state index contributed by atoms with van der Waals surface area (Å²) in [6.45, 7) is 1.05. The second kappa shape index (κ2) is 7.54. The Kier molecular flexibility index (Phi) is 5.20. The van der Waals surface area contributed by atoms with Gasteiger partial charge in [0.25, 0.3) is 5.91 Å². The van der Waals surface area contributed by atoms with E-state index in [0.29, 0.717) is 13.1 Å². The van der Waals surface area contributed by atoms with E-state index >= 15 is 0 Å².